The van der Waals surface area contributed by atoms with Gasteiger partial charge in [0.2, 0.25) is 0 Å². The lowest BCUT2D eigenvalue weighted by atomic mass is 9.83. The van der Waals surface area contributed by atoms with Crippen LogP contribution in [0.25, 0.3) is 22.3 Å². The highest BCUT2D eigenvalue weighted by atomic mass is 19.4. The Balaban J connectivity index is 1.45. The topological polar surface area (TPSA) is 35.5 Å². The second-order valence-corrected chi connectivity index (χ2v) is 12.7. The van der Waals surface area contributed by atoms with Crippen LogP contribution >= 0.6 is 0 Å². The third-order valence-electron chi connectivity index (χ3n) is 7.55. The van der Waals surface area contributed by atoms with Gasteiger partial charge in [0, 0.05) is 0 Å². The summed E-state index contributed by atoms with van der Waals surface area (Å²) >= 11 is 0. The standard InChI is InChI=1S/C35H32F4O3/c1-33(2,3)22-10-14-25-26-15-11-23(34(4,5)6)19-28(26)31(27(25)18-22)32(40)41-24-12-7-20(8-13-24)21-9-16-30(29(36)17-21)42-35(37,38)39/h7-19,31H,1-6H3. The zero-order valence-electron chi connectivity index (χ0n) is 24.3. The maximum atomic E-state index is 14.2. The van der Waals surface area contributed by atoms with Gasteiger partial charge in [0.05, 0.1) is 0 Å². The van der Waals surface area contributed by atoms with E-state index < -0.39 is 29.8 Å². The molecule has 4 aromatic rings. The molecule has 4 aromatic carbocycles. The van der Waals surface area contributed by atoms with Crippen LogP contribution in [0.1, 0.15) is 69.7 Å². The van der Waals surface area contributed by atoms with Gasteiger partial charge in [-0.1, -0.05) is 96.1 Å². The van der Waals surface area contributed by atoms with Crippen LogP contribution in [0.2, 0.25) is 0 Å². The Hall–Kier alpha value is -4.13. The first-order chi connectivity index (χ1) is 19.5. The maximum Gasteiger partial charge on any atom is 0.573 e. The van der Waals surface area contributed by atoms with Gasteiger partial charge in [-0.3, -0.25) is 4.79 Å². The van der Waals surface area contributed by atoms with Gasteiger partial charge in [0.15, 0.2) is 11.6 Å². The maximum absolute atomic E-state index is 14.2. The summed E-state index contributed by atoms with van der Waals surface area (Å²) in [5.74, 6) is -2.77. The number of alkyl halides is 3. The molecule has 7 heteroatoms. The number of rotatable bonds is 4. The highest BCUT2D eigenvalue weighted by Gasteiger charge is 2.37. The van der Waals surface area contributed by atoms with Crippen LogP contribution in [0.3, 0.4) is 0 Å². The summed E-state index contributed by atoms with van der Waals surface area (Å²) in [6.45, 7) is 12.8. The van der Waals surface area contributed by atoms with E-state index in [-0.39, 0.29) is 10.8 Å². The number of ether oxygens (including phenoxy) is 2. The second-order valence-electron chi connectivity index (χ2n) is 12.7. The summed E-state index contributed by atoms with van der Waals surface area (Å²) in [5, 5.41) is 0. The normalized spacial score (nSPS) is 13.5. The molecular weight excluding hydrogens is 544 g/mol. The molecule has 0 amide bonds. The van der Waals surface area contributed by atoms with Gasteiger partial charge >= 0.3 is 12.3 Å². The fraction of sp³-hybridized carbons (Fsp3) is 0.286. The van der Waals surface area contributed by atoms with E-state index >= 15 is 0 Å². The number of esters is 1. The van der Waals surface area contributed by atoms with Crippen molar-refractivity contribution in [3.05, 3.63) is 107 Å². The molecule has 0 radical (unpaired) electrons. The Morgan fingerprint density at radius 3 is 1.62 bits per heavy atom. The van der Waals surface area contributed by atoms with Crippen molar-refractivity contribution < 1.29 is 31.8 Å². The molecule has 0 aliphatic heterocycles. The van der Waals surface area contributed by atoms with Crippen LogP contribution in [0.15, 0.2) is 78.9 Å². The van der Waals surface area contributed by atoms with Gasteiger partial charge in [0.1, 0.15) is 11.7 Å². The van der Waals surface area contributed by atoms with Crippen LogP contribution in [-0.4, -0.2) is 12.3 Å². The van der Waals surface area contributed by atoms with Crippen molar-refractivity contribution in [3.63, 3.8) is 0 Å². The highest BCUT2D eigenvalue weighted by Crippen LogP contribution is 2.48. The van der Waals surface area contributed by atoms with Crippen LogP contribution in [0, 0.1) is 5.82 Å². The van der Waals surface area contributed by atoms with Crippen LogP contribution < -0.4 is 9.47 Å². The molecule has 0 atom stereocenters. The number of benzene rings is 4. The van der Waals surface area contributed by atoms with Crippen molar-refractivity contribution in [3.8, 4) is 33.8 Å². The minimum atomic E-state index is -4.99. The fourth-order valence-corrected chi connectivity index (χ4v) is 5.23. The third-order valence-corrected chi connectivity index (χ3v) is 7.55. The Morgan fingerprint density at radius 2 is 1.17 bits per heavy atom. The van der Waals surface area contributed by atoms with E-state index in [4.69, 9.17) is 4.74 Å². The number of halogens is 4. The number of carbonyl (C=O) groups is 1. The lowest BCUT2D eigenvalue weighted by Gasteiger charge is -2.22. The van der Waals surface area contributed by atoms with Gasteiger partial charge < -0.3 is 9.47 Å². The Kier molecular flexibility index (Phi) is 7.20. The van der Waals surface area contributed by atoms with Gasteiger partial charge in [-0.15, -0.1) is 13.2 Å². The summed E-state index contributed by atoms with van der Waals surface area (Å²) in [6.07, 6.45) is -4.99. The molecule has 1 aliphatic rings. The number of carbonyl (C=O) groups excluding carboxylic acids is 1. The first kappa shape index (κ1) is 29.4. The quantitative estimate of drug-likeness (QED) is 0.138. The SMILES string of the molecule is CC(C)(C)c1ccc2c(c1)C(C(=O)Oc1ccc(-c3ccc(OC(F)(F)F)c(F)c3)cc1)c1cc(C(C)(C)C)ccc1-2. The van der Waals surface area contributed by atoms with Crippen molar-refractivity contribution in [2.45, 2.75) is 64.7 Å². The Bertz CT molecular complexity index is 1590. The zero-order chi connectivity index (χ0) is 30.6. The average Bonchev–Trinajstić information content (AvgIpc) is 3.22. The summed E-state index contributed by atoms with van der Waals surface area (Å²) in [6, 6.07) is 22.2. The van der Waals surface area contributed by atoms with Gasteiger partial charge in [-0.05, 0) is 79.6 Å². The number of fused-ring (bicyclic) bond motifs is 3. The monoisotopic (exact) mass is 576 g/mol. The Morgan fingerprint density at radius 1 is 0.667 bits per heavy atom. The predicted molar refractivity (Wildman–Crippen MR) is 155 cm³/mol. The molecule has 0 aromatic heterocycles. The van der Waals surface area contributed by atoms with Crippen LogP contribution in [-0.2, 0) is 15.6 Å². The van der Waals surface area contributed by atoms with E-state index in [2.05, 4.69) is 82.7 Å². The van der Waals surface area contributed by atoms with Crippen molar-refractivity contribution >= 4 is 5.97 Å². The highest BCUT2D eigenvalue weighted by molar-refractivity contribution is 5.95. The molecule has 0 unspecified atom stereocenters. The first-order valence-corrected chi connectivity index (χ1v) is 13.7. The number of hydrogen-bond acceptors (Lipinski definition) is 3. The van der Waals surface area contributed by atoms with Gasteiger partial charge in [0.25, 0.3) is 0 Å². The molecule has 218 valence electrons. The molecule has 0 spiro atoms. The van der Waals surface area contributed by atoms with Gasteiger partial charge in [-0.2, -0.15) is 0 Å². The minimum Gasteiger partial charge on any atom is -0.426 e. The van der Waals surface area contributed by atoms with Gasteiger partial charge in [-0.25, -0.2) is 4.39 Å². The van der Waals surface area contributed by atoms with E-state index in [1.807, 2.05) is 0 Å². The Labute approximate surface area is 243 Å². The summed E-state index contributed by atoms with van der Waals surface area (Å²) in [5.41, 5.74) is 6.73. The molecular formula is C35H32F4O3. The largest absolute Gasteiger partial charge is 0.573 e. The molecule has 3 nitrogen and oxygen atoms in total. The minimum absolute atomic E-state index is 0.110. The lowest BCUT2D eigenvalue weighted by molar-refractivity contribution is -0.275. The number of hydrogen-bond donors (Lipinski definition) is 0. The van der Waals surface area contributed by atoms with Crippen LogP contribution in [0.4, 0.5) is 17.6 Å². The van der Waals surface area contributed by atoms with Crippen molar-refractivity contribution in [2.75, 3.05) is 0 Å². The molecule has 42 heavy (non-hydrogen) atoms. The van der Waals surface area contributed by atoms with Crippen molar-refractivity contribution in [1.29, 1.82) is 0 Å². The summed E-state index contributed by atoms with van der Waals surface area (Å²) in [4.78, 5) is 13.8. The zero-order valence-corrected chi connectivity index (χ0v) is 24.3. The van der Waals surface area contributed by atoms with Crippen molar-refractivity contribution in [1.82, 2.24) is 0 Å². The lowest BCUT2D eigenvalue weighted by Crippen LogP contribution is -2.20. The molecule has 0 N–H and O–H groups in total. The van der Waals surface area contributed by atoms with Crippen molar-refractivity contribution in [2.24, 2.45) is 0 Å². The molecule has 0 bridgehead atoms. The summed E-state index contributed by atoms with van der Waals surface area (Å²) in [7, 11) is 0. The molecule has 0 saturated carbocycles. The third kappa shape index (κ3) is 5.91. The van der Waals surface area contributed by atoms with E-state index in [0.29, 0.717) is 16.9 Å². The second kappa shape index (κ2) is 10.3. The predicted octanol–water partition coefficient (Wildman–Crippen LogP) is 9.70. The molecule has 0 heterocycles. The van der Waals surface area contributed by atoms with Crippen LogP contribution in [0.5, 0.6) is 11.5 Å². The summed E-state index contributed by atoms with van der Waals surface area (Å²) < 4.78 is 61.3. The smallest absolute Gasteiger partial charge is 0.426 e. The first-order valence-electron chi connectivity index (χ1n) is 13.7. The molecule has 1 aliphatic carbocycles. The average molecular weight is 577 g/mol. The van der Waals surface area contributed by atoms with E-state index in [1.54, 1.807) is 24.3 Å². The molecule has 0 fully saturated rings. The fourth-order valence-electron chi connectivity index (χ4n) is 5.23. The molecule has 0 saturated heterocycles. The van der Waals surface area contributed by atoms with E-state index in [1.165, 1.54) is 6.07 Å². The van der Waals surface area contributed by atoms with E-state index in [9.17, 15) is 22.4 Å². The van der Waals surface area contributed by atoms with E-state index in [0.717, 1.165) is 45.5 Å². The molecule has 5 rings (SSSR count).